The summed E-state index contributed by atoms with van der Waals surface area (Å²) in [5.41, 5.74) is -0.416. The molecule has 0 fully saturated rings. The zero-order valence-electron chi connectivity index (χ0n) is 9.88. The van der Waals surface area contributed by atoms with Crippen LogP contribution in [0.15, 0.2) is 0 Å². The van der Waals surface area contributed by atoms with Gasteiger partial charge in [0.15, 0.2) is 0 Å². The van der Waals surface area contributed by atoms with E-state index in [0.29, 0.717) is 19.6 Å². The smallest absolute Gasteiger partial charge is 0.364 e. The lowest BCUT2D eigenvalue weighted by molar-refractivity contribution is 0.106. The molecule has 0 spiro atoms. The number of aliphatic hydroxyl groups excluding tert-OH is 1. The lowest BCUT2D eigenvalue weighted by atomic mass is 10.5. The second-order valence-corrected chi connectivity index (χ2v) is 6.91. The minimum atomic E-state index is -2.34. The first kappa shape index (κ1) is 14.1. The Hall–Kier alpha value is 0.0969. The first-order chi connectivity index (χ1) is 6.60. The SMILES string of the molecule is CCCO[Si](C)(OCCC)C(O)CC. The molecule has 0 aromatic heterocycles. The molecule has 0 saturated carbocycles. The summed E-state index contributed by atoms with van der Waals surface area (Å²) in [6.07, 6.45) is 2.64. The third kappa shape index (κ3) is 4.55. The molecule has 0 amide bonds. The molecule has 4 heteroatoms. The number of rotatable bonds is 8. The summed E-state index contributed by atoms with van der Waals surface area (Å²) >= 11 is 0. The molecule has 0 rings (SSSR count). The average Bonchev–Trinajstić information content (AvgIpc) is 2.22. The van der Waals surface area contributed by atoms with E-state index in [0.717, 1.165) is 12.8 Å². The van der Waals surface area contributed by atoms with Gasteiger partial charge < -0.3 is 14.0 Å². The molecule has 1 N–H and O–H groups in total. The summed E-state index contributed by atoms with van der Waals surface area (Å²) in [7, 11) is -2.34. The van der Waals surface area contributed by atoms with E-state index in [-0.39, 0.29) is 0 Å². The second-order valence-electron chi connectivity index (χ2n) is 3.64. The van der Waals surface area contributed by atoms with Crippen molar-refractivity contribution >= 4 is 8.56 Å². The summed E-state index contributed by atoms with van der Waals surface area (Å²) < 4.78 is 11.4. The van der Waals surface area contributed by atoms with E-state index < -0.39 is 14.3 Å². The van der Waals surface area contributed by atoms with E-state index >= 15 is 0 Å². The van der Waals surface area contributed by atoms with Crippen molar-refractivity contribution in [3.8, 4) is 0 Å². The predicted molar refractivity (Wildman–Crippen MR) is 60.4 cm³/mol. The van der Waals surface area contributed by atoms with Crippen LogP contribution in [0.5, 0.6) is 0 Å². The van der Waals surface area contributed by atoms with Crippen LogP contribution in [0.2, 0.25) is 6.55 Å². The van der Waals surface area contributed by atoms with Gasteiger partial charge in [-0.2, -0.15) is 0 Å². The Balaban J connectivity index is 4.16. The van der Waals surface area contributed by atoms with E-state index in [4.69, 9.17) is 8.85 Å². The Morgan fingerprint density at radius 2 is 1.50 bits per heavy atom. The summed E-state index contributed by atoms with van der Waals surface area (Å²) in [6, 6.07) is 0. The van der Waals surface area contributed by atoms with Gasteiger partial charge in [0.05, 0.1) is 5.73 Å². The first-order valence-electron chi connectivity index (χ1n) is 5.56. The highest BCUT2D eigenvalue weighted by Crippen LogP contribution is 2.16. The van der Waals surface area contributed by atoms with E-state index in [1.807, 2.05) is 13.5 Å². The van der Waals surface area contributed by atoms with Crippen LogP contribution >= 0.6 is 0 Å². The van der Waals surface area contributed by atoms with Gasteiger partial charge in [0.2, 0.25) is 0 Å². The quantitative estimate of drug-likeness (QED) is 0.638. The molecule has 1 atom stereocenters. The van der Waals surface area contributed by atoms with Gasteiger partial charge in [0.25, 0.3) is 0 Å². The highest BCUT2D eigenvalue weighted by Gasteiger charge is 2.39. The molecule has 1 unspecified atom stereocenters. The van der Waals surface area contributed by atoms with E-state index in [9.17, 15) is 5.11 Å². The van der Waals surface area contributed by atoms with Crippen LogP contribution in [0.25, 0.3) is 0 Å². The Kier molecular flexibility index (Phi) is 7.45. The van der Waals surface area contributed by atoms with Crippen LogP contribution in [-0.4, -0.2) is 32.6 Å². The van der Waals surface area contributed by atoms with Gasteiger partial charge in [-0.15, -0.1) is 0 Å². The van der Waals surface area contributed by atoms with Crippen molar-refractivity contribution in [1.82, 2.24) is 0 Å². The Morgan fingerprint density at radius 1 is 1.07 bits per heavy atom. The van der Waals surface area contributed by atoms with Crippen LogP contribution < -0.4 is 0 Å². The number of hydrogen-bond donors (Lipinski definition) is 1. The molecule has 86 valence electrons. The third-order valence-electron chi connectivity index (χ3n) is 2.18. The molecule has 0 aliphatic carbocycles. The van der Waals surface area contributed by atoms with Crippen molar-refractivity contribution in [2.75, 3.05) is 13.2 Å². The molecule has 0 bridgehead atoms. The van der Waals surface area contributed by atoms with Crippen molar-refractivity contribution < 1.29 is 14.0 Å². The van der Waals surface area contributed by atoms with E-state index in [2.05, 4.69) is 13.8 Å². The standard InChI is InChI=1S/C10H24O3Si/c1-5-8-12-14(4,10(11)7-3)13-9-6-2/h10-11H,5-9H2,1-4H3. The van der Waals surface area contributed by atoms with Gasteiger partial charge in [0, 0.05) is 13.2 Å². The number of aliphatic hydroxyl groups is 1. The van der Waals surface area contributed by atoms with E-state index in [1.54, 1.807) is 0 Å². The van der Waals surface area contributed by atoms with Gasteiger partial charge in [-0.3, -0.25) is 0 Å². The van der Waals surface area contributed by atoms with Crippen molar-refractivity contribution in [2.45, 2.75) is 52.3 Å². The lowest BCUT2D eigenvalue weighted by Crippen LogP contribution is -2.51. The molecule has 0 radical (unpaired) electrons. The molecule has 0 aromatic carbocycles. The molecule has 0 heterocycles. The number of hydrogen-bond acceptors (Lipinski definition) is 3. The van der Waals surface area contributed by atoms with Crippen LogP contribution in [0.4, 0.5) is 0 Å². The van der Waals surface area contributed by atoms with Crippen LogP contribution in [0, 0.1) is 0 Å². The van der Waals surface area contributed by atoms with Crippen molar-refractivity contribution in [2.24, 2.45) is 0 Å². The van der Waals surface area contributed by atoms with Crippen LogP contribution in [0.3, 0.4) is 0 Å². The fraction of sp³-hybridized carbons (Fsp3) is 1.00. The summed E-state index contributed by atoms with van der Waals surface area (Å²) in [5.74, 6) is 0. The molecule has 0 aromatic rings. The summed E-state index contributed by atoms with van der Waals surface area (Å²) in [4.78, 5) is 0. The highest BCUT2D eigenvalue weighted by molar-refractivity contribution is 6.67. The molecular formula is C10H24O3Si. The van der Waals surface area contributed by atoms with E-state index in [1.165, 1.54) is 0 Å². The van der Waals surface area contributed by atoms with Crippen molar-refractivity contribution in [1.29, 1.82) is 0 Å². The fourth-order valence-corrected chi connectivity index (χ4v) is 3.64. The van der Waals surface area contributed by atoms with Crippen molar-refractivity contribution in [3.63, 3.8) is 0 Å². The predicted octanol–water partition coefficient (Wildman–Crippen LogP) is 2.22. The molecule has 0 aliphatic rings. The lowest BCUT2D eigenvalue weighted by Gasteiger charge is -2.30. The maximum atomic E-state index is 9.84. The maximum Gasteiger partial charge on any atom is 0.364 e. The topological polar surface area (TPSA) is 38.7 Å². The Bertz CT molecular complexity index is 133. The van der Waals surface area contributed by atoms with Gasteiger partial charge >= 0.3 is 8.56 Å². The second kappa shape index (κ2) is 7.40. The third-order valence-corrected chi connectivity index (χ3v) is 5.35. The molecule has 0 saturated heterocycles. The fourth-order valence-electron chi connectivity index (χ4n) is 1.21. The van der Waals surface area contributed by atoms with Gasteiger partial charge in [-0.1, -0.05) is 20.8 Å². The zero-order chi connectivity index (χ0) is 11.0. The van der Waals surface area contributed by atoms with Gasteiger partial charge in [-0.25, -0.2) is 0 Å². The minimum Gasteiger partial charge on any atom is -0.393 e. The average molecular weight is 220 g/mol. The van der Waals surface area contributed by atoms with Gasteiger partial charge in [0.1, 0.15) is 0 Å². The molecular weight excluding hydrogens is 196 g/mol. The van der Waals surface area contributed by atoms with Crippen LogP contribution in [-0.2, 0) is 8.85 Å². The molecule has 0 aliphatic heterocycles. The molecule has 14 heavy (non-hydrogen) atoms. The van der Waals surface area contributed by atoms with Crippen molar-refractivity contribution in [3.05, 3.63) is 0 Å². The van der Waals surface area contributed by atoms with Gasteiger partial charge in [-0.05, 0) is 25.8 Å². The molecule has 3 nitrogen and oxygen atoms in total. The summed E-state index contributed by atoms with van der Waals surface area (Å²) in [5, 5.41) is 9.84. The normalized spacial score (nSPS) is 14.4. The largest absolute Gasteiger partial charge is 0.393 e. The first-order valence-corrected chi connectivity index (χ1v) is 7.96. The summed E-state index contributed by atoms with van der Waals surface area (Å²) in [6.45, 7) is 9.40. The Morgan fingerprint density at radius 3 is 1.79 bits per heavy atom. The monoisotopic (exact) mass is 220 g/mol. The highest BCUT2D eigenvalue weighted by atomic mass is 28.4. The Labute approximate surface area is 88.7 Å². The minimum absolute atomic E-state index is 0.416. The maximum absolute atomic E-state index is 9.84. The van der Waals surface area contributed by atoms with Crippen LogP contribution in [0.1, 0.15) is 40.0 Å². The zero-order valence-corrected chi connectivity index (χ0v) is 10.9.